The molecule has 1 aliphatic rings. The van der Waals surface area contributed by atoms with Crippen molar-refractivity contribution in [2.75, 3.05) is 41.4 Å². The van der Waals surface area contributed by atoms with Crippen LogP contribution < -0.4 is 9.47 Å². The molecule has 1 atom stereocenters. The fourth-order valence-electron chi connectivity index (χ4n) is 3.55. The van der Waals surface area contributed by atoms with Crippen LogP contribution >= 0.6 is 0 Å². The minimum Gasteiger partial charge on any atom is -0.507 e. The van der Waals surface area contributed by atoms with E-state index < -0.39 is 17.7 Å². The average molecular weight is 426 g/mol. The van der Waals surface area contributed by atoms with Crippen molar-refractivity contribution in [3.05, 3.63) is 59.2 Å². The molecule has 0 saturated carbocycles. The second-order valence-electron chi connectivity index (χ2n) is 7.46. The topological polar surface area (TPSA) is 99.5 Å². The largest absolute Gasteiger partial charge is 0.507 e. The van der Waals surface area contributed by atoms with Crippen LogP contribution in [0.5, 0.6) is 17.2 Å². The Kier molecular flexibility index (Phi) is 6.50. The number of aliphatic hydroxyl groups is 1. The lowest BCUT2D eigenvalue weighted by atomic mass is 9.95. The van der Waals surface area contributed by atoms with Crippen LogP contribution in [0.15, 0.2) is 48.0 Å². The molecule has 2 N–H and O–H groups in total. The summed E-state index contributed by atoms with van der Waals surface area (Å²) in [5.74, 6) is -1.01. The average Bonchev–Trinajstić information content (AvgIpc) is 3.01. The molecule has 1 unspecified atom stereocenters. The van der Waals surface area contributed by atoms with Gasteiger partial charge in [-0.1, -0.05) is 6.07 Å². The number of phenols is 1. The number of ketones is 1. The zero-order chi connectivity index (χ0) is 22.7. The van der Waals surface area contributed by atoms with Gasteiger partial charge < -0.3 is 29.5 Å². The number of phenolic OH excluding ortho intramolecular Hbond substituents is 1. The molecule has 31 heavy (non-hydrogen) atoms. The maximum Gasteiger partial charge on any atom is 0.295 e. The molecule has 0 bridgehead atoms. The first-order valence-corrected chi connectivity index (χ1v) is 9.73. The zero-order valence-electron chi connectivity index (χ0n) is 18.0. The van der Waals surface area contributed by atoms with Crippen molar-refractivity contribution in [2.24, 2.45) is 0 Å². The van der Waals surface area contributed by atoms with Crippen molar-refractivity contribution in [2.45, 2.75) is 6.04 Å². The van der Waals surface area contributed by atoms with E-state index in [2.05, 4.69) is 0 Å². The smallest absolute Gasteiger partial charge is 0.295 e. The van der Waals surface area contributed by atoms with Crippen molar-refractivity contribution in [1.82, 2.24) is 9.80 Å². The second kappa shape index (κ2) is 9.09. The SMILES string of the molecule is COc1ccc(/C(O)=C2/C(=O)C(=O)N(CCN(C)C)C2c2ccc(OC)c(O)c2)cc1. The second-order valence-corrected chi connectivity index (χ2v) is 7.46. The first-order chi connectivity index (χ1) is 14.8. The summed E-state index contributed by atoms with van der Waals surface area (Å²) < 4.78 is 10.2. The van der Waals surface area contributed by atoms with Gasteiger partial charge in [0.1, 0.15) is 11.5 Å². The molecule has 1 aliphatic heterocycles. The molecule has 1 amide bonds. The lowest BCUT2D eigenvalue weighted by molar-refractivity contribution is -0.140. The van der Waals surface area contributed by atoms with Gasteiger partial charge in [-0.2, -0.15) is 0 Å². The summed E-state index contributed by atoms with van der Waals surface area (Å²) in [6.45, 7) is 0.794. The van der Waals surface area contributed by atoms with Crippen LogP contribution in [0.1, 0.15) is 17.2 Å². The molecule has 8 nitrogen and oxygen atoms in total. The van der Waals surface area contributed by atoms with Crippen molar-refractivity contribution < 1.29 is 29.3 Å². The van der Waals surface area contributed by atoms with E-state index in [-0.39, 0.29) is 29.4 Å². The lowest BCUT2D eigenvalue weighted by Gasteiger charge is -2.26. The number of aromatic hydroxyl groups is 1. The molecule has 0 spiro atoms. The number of hydrogen-bond donors (Lipinski definition) is 2. The van der Waals surface area contributed by atoms with E-state index in [0.29, 0.717) is 23.4 Å². The van der Waals surface area contributed by atoms with E-state index in [1.807, 2.05) is 19.0 Å². The third kappa shape index (κ3) is 4.34. The molecule has 0 aromatic heterocycles. The van der Waals surface area contributed by atoms with Gasteiger partial charge in [0, 0.05) is 18.7 Å². The number of aliphatic hydroxyl groups excluding tert-OH is 1. The third-order valence-electron chi connectivity index (χ3n) is 5.21. The van der Waals surface area contributed by atoms with Gasteiger partial charge >= 0.3 is 0 Å². The van der Waals surface area contributed by atoms with Gasteiger partial charge in [-0.3, -0.25) is 9.59 Å². The number of benzene rings is 2. The summed E-state index contributed by atoms with van der Waals surface area (Å²) in [6, 6.07) is 10.4. The Morgan fingerprint density at radius 2 is 1.74 bits per heavy atom. The fraction of sp³-hybridized carbons (Fsp3) is 0.304. The van der Waals surface area contributed by atoms with Crippen LogP contribution in [0.3, 0.4) is 0 Å². The van der Waals surface area contributed by atoms with Gasteiger partial charge in [0.2, 0.25) is 0 Å². The number of ether oxygens (including phenoxy) is 2. The summed E-state index contributed by atoms with van der Waals surface area (Å²) in [7, 11) is 6.69. The van der Waals surface area contributed by atoms with Crippen molar-refractivity contribution in [3.63, 3.8) is 0 Å². The highest BCUT2D eigenvalue weighted by atomic mass is 16.5. The Balaban J connectivity index is 2.14. The third-order valence-corrected chi connectivity index (χ3v) is 5.21. The van der Waals surface area contributed by atoms with Gasteiger partial charge in [0.25, 0.3) is 11.7 Å². The van der Waals surface area contributed by atoms with E-state index >= 15 is 0 Å². The number of likely N-dealkylation sites (tertiary alicyclic amines) is 1. The molecule has 0 radical (unpaired) electrons. The maximum atomic E-state index is 13.0. The summed E-state index contributed by atoms with van der Waals surface area (Å²) >= 11 is 0. The quantitative estimate of drug-likeness (QED) is 0.398. The molecule has 2 aromatic carbocycles. The van der Waals surface area contributed by atoms with Gasteiger partial charge in [-0.25, -0.2) is 0 Å². The normalized spacial score (nSPS) is 18.0. The van der Waals surface area contributed by atoms with Gasteiger partial charge in [-0.05, 0) is 56.1 Å². The predicted molar refractivity (Wildman–Crippen MR) is 115 cm³/mol. The molecule has 1 heterocycles. The van der Waals surface area contributed by atoms with Crippen LogP contribution in [0.2, 0.25) is 0 Å². The number of carbonyl (C=O) groups excluding carboxylic acids is 2. The Hall–Kier alpha value is -3.52. The summed E-state index contributed by atoms with van der Waals surface area (Å²) in [6.07, 6.45) is 0. The number of amides is 1. The van der Waals surface area contributed by atoms with Gasteiger partial charge in [-0.15, -0.1) is 0 Å². The van der Waals surface area contributed by atoms with E-state index in [1.165, 1.54) is 25.2 Å². The van der Waals surface area contributed by atoms with Crippen LogP contribution in [0.25, 0.3) is 5.76 Å². The Morgan fingerprint density at radius 3 is 2.29 bits per heavy atom. The molecule has 3 rings (SSSR count). The molecule has 1 saturated heterocycles. The van der Waals surface area contributed by atoms with Crippen molar-refractivity contribution in [1.29, 1.82) is 0 Å². The Morgan fingerprint density at radius 1 is 1.06 bits per heavy atom. The van der Waals surface area contributed by atoms with E-state index in [0.717, 1.165) is 0 Å². The Labute approximate surface area is 180 Å². The first kappa shape index (κ1) is 22.2. The number of methoxy groups -OCH3 is 2. The number of nitrogens with zero attached hydrogens (tertiary/aromatic N) is 2. The van der Waals surface area contributed by atoms with Crippen LogP contribution in [0.4, 0.5) is 0 Å². The standard InChI is InChI=1S/C23H26N2O6/c1-24(2)11-12-25-20(15-7-10-18(31-4)17(26)13-15)19(22(28)23(25)29)21(27)14-5-8-16(30-3)9-6-14/h5-10,13,20,26-27H,11-12H2,1-4H3/b21-19-. The molecule has 8 heteroatoms. The van der Waals surface area contributed by atoms with E-state index in [1.54, 1.807) is 36.4 Å². The number of Topliss-reactive ketones (excluding diaryl/α,β-unsaturated/α-hetero) is 1. The van der Waals surface area contributed by atoms with Crippen LogP contribution in [-0.4, -0.2) is 73.1 Å². The molecule has 164 valence electrons. The predicted octanol–water partition coefficient (Wildman–Crippen LogP) is 2.39. The van der Waals surface area contributed by atoms with Crippen molar-refractivity contribution >= 4 is 17.4 Å². The fourth-order valence-corrected chi connectivity index (χ4v) is 3.55. The molecule has 1 fully saturated rings. The highest BCUT2D eigenvalue weighted by Crippen LogP contribution is 2.41. The highest BCUT2D eigenvalue weighted by molar-refractivity contribution is 6.46. The van der Waals surface area contributed by atoms with E-state index in [4.69, 9.17) is 9.47 Å². The zero-order valence-corrected chi connectivity index (χ0v) is 18.0. The minimum atomic E-state index is -0.848. The molecule has 0 aliphatic carbocycles. The summed E-state index contributed by atoms with van der Waals surface area (Å²) in [5.41, 5.74) is 0.846. The summed E-state index contributed by atoms with van der Waals surface area (Å²) in [4.78, 5) is 29.1. The van der Waals surface area contributed by atoms with Crippen molar-refractivity contribution in [3.8, 4) is 17.2 Å². The number of rotatable bonds is 7. The molecular formula is C23H26N2O6. The number of carbonyl (C=O) groups is 2. The first-order valence-electron chi connectivity index (χ1n) is 9.73. The number of hydrogen-bond acceptors (Lipinski definition) is 7. The molecular weight excluding hydrogens is 400 g/mol. The van der Waals surface area contributed by atoms with E-state index in [9.17, 15) is 19.8 Å². The van der Waals surface area contributed by atoms with Gasteiger partial charge in [0.05, 0.1) is 25.8 Å². The minimum absolute atomic E-state index is 0.0292. The van der Waals surface area contributed by atoms with Gasteiger partial charge in [0.15, 0.2) is 11.5 Å². The lowest BCUT2D eigenvalue weighted by Crippen LogP contribution is -2.35. The monoisotopic (exact) mass is 426 g/mol. The summed E-state index contributed by atoms with van der Waals surface area (Å²) in [5, 5.41) is 21.3. The van der Waals surface area contributed by atoms with Crippen LogP contribution in [0, 0.1) is 0 Å². The van der Waals surface area contributed by atoms with Crippen LogP contribution in [-0.2, 0) is 9.59 Å². The molecule has 2 aromatic rings. The maximum absolute atomic E-state index is 13.0. The Bertz CT molecular complexity index is 1010. The highest BCUT2D eigenvalue weighted by Gasteiger charge is 2.46. The number of likely N-dealkylation sites (N-methyl/N-ethyl adjacent to an activating group) is 1.